The van der Waals surface area contributed by atoms with Crippen LogP contribution in [-0.4, -0.2) is 25.7 Å². The summed E-state index contributed by atoms with van der Waals surface area (Å²) in [5, 5.41) is 9.49. The van der Waals surface area contributed by atoms with E-state index in [1.54, 1.807) is 14.0 Å². The number of aryl methyl sites for hydroxylation is 1. The molecule has 6 nitrogen and oxygen atoms in total. The molecule has 2 rings (SSSR count). The average molecular weight is 312 g/mol. The molecular weight excluding hydrogens is 295 g/mol. The van der Waals surface area contributed by atoms with Gasteiger partial charge in [0.25, 0.3) is 10.0 Å². The maximum absolute atomic E-state index is 13.5. The molecule has 0 bridgehead atoms. The summed E-state index contributed by atoms with van der Waals surface area (Å²) in [5.74, 6) is -0.463. The highest BCUT2D eigenvalue weighted by Crippen LogP contribution is 2.24. The van der Waals surface area contributed by atoms with E-state index in [-0.39, 0.29) is 16.1 Å². The molecular formula is C13H17FN4O2S. The van der Waals surface area contributed by atoms with Crippen molar-refractivity contribution in [2.45, 2.75) is 25.3 Å². The summed E-state index contributed by atoms with van der Waals surface area (Å²) >= 11 is 0. The Labute approximate surface area is 122 Å². The van der Waals surface area contributed by atoms with E-state index in [1.807, 2.05) is 0 Å². The van der Waals surface area contributed by atoms with Gasteiger partial charge in [-0.05, 0) is 33.0 Å². The van der Waals surface area contributed by atoms with E-state index in [0.717, 1.165) is 0 Å². The van der Waals surface area contributed by atoms with Gasteiger partial charge in [-0.3, -0.25) is 9.82 Å². The van der Waals surface area contributed by atoms with Crippen LogP contribution in [0.15, 0.2) is 23.1 Å². The second-order valence-corrected chi connectivity index (χ2v) is 6.29. The summed E-state index contributed by atoms with van der Waals surface area (Å²) in [6.45, 7) is 3.45. The summed E-state index contributed by atoms with van der Waals surface area (Å²) in [6, 6.07) is 4.25. The van der Waals surface area contributed by atoms with Crippen LogP contribution in [0, 0.1) is 19.7 Å². The fourth-order valence-electron chi connectivity index (χ4n) is 2.03. The van der Waals surface area contributed by atoms with Gasteiger partial charge < -0.3 is 5.32 Å². The molecule has 1 aromatic carbocycles. The van der Waals surface area contributed by atoms with Crippen LogP contribution in [0.25, 0.3) is 0 Å². The largest absolute Gasteiger partial charge is 0.314 e. The van der Waals surface area contributed by atoms with Gasteiger partial charge in [0, 0.05) is 12.1 Å². The Balaban J connectivity index is 2.44. The van der Waals surface area contributed by atoms with Crippen LogP contribution in [0.1, 0.15) is 17.0 Å². The third-order valence-corrected chi connectivity index (χ3v) is 4.65. The number of benzene rings is 1. The summed E-state index contributed by atoms with van der Waals surface area (Å²) in [5.41, 5.74) is 1.28. The number of rotatable bonds is 5. The lowest BCUT2D eigenvalue weighted by Crippen LogP contribution is -2.18. The minimum atomic E-state index is -3.84. The van der Waals surface area contributed by atoms with Crippen LogP contribution in [0.4, 0.5) is 10.1 Å². The molecule has 3 N–H and O–H groups in total. The van der Waals surface area contributed by atoms with E-state index in [0.29, 0.717) is 17.9 Å². The van der Waals surface area contributed by atoms with Crippen LogP contribution in [0.2, 0.25) is 0 Å². The lowest BCUT2D eigenvalue weighted by Gasteiger charge is -2.11. The minimum Gasteiger partial charge on any atom is -0.314 e. The number of sulfonamides is 1. The molecule has 0 unspecified atom stereocenters. The maximum atomic E-state index is 13.5. The van der Waals surface area contributed by atoms with E-state index >= 15 is 0 Å². The van der Waals surface area contributed by atoms with Gasteiger partial charge in [0.05, 0.1) is 17.1 Å². The van der Waals surface area contributed by atoms with Crippen LogP contribution < -0.4 is 10.0 Å². The van der Waals surface area contributed by atoms with Crippen LogP contribution >= 0.6 is 0 Å². The molecule has 0 atom stereocenters. The summed E-state index contributed by atoms with van der Waals surface area (Å²) in [6.07, 6.45) is 0. The molecule has 0 saturated heterocycles. The first-order valence-corrected chi connectivity index (χ1v) is 7.81. The normalized spacial score (nSPS) is 11.6. The van der Waals surface area contributed by atoms with Gasteiger partial charge in [-0.1, -0.05) is 6.07 Å². The third-order valence-electron chi connectivity index (χ3n) is 3.09. The van der Waals surface area contributed by atoms with Gasteiger partial charge in [-0.25, -0.2) is 12.8 Å². The number of H-pyrrole nitrogens is 1. The molecule has 1 aromatic heterocycles. The number of nitrogens with zero attached hydrogens (tertiary/aromatic N) is 1. The molecule has 0 radical (unpaired) electrons. The van der Waals surface area contributed by atoms with Gasteiger partial charge in [0.15, 0.2) is 0 Å². The number of anilines is 1. The second kappa shape index (κ2) is 5.82. The zero-order valence-corrected chi connectivity index (χ0v) is 12.8. The van der Waals surface area contributed by atoms with Gasteiger partial charge in [0.2, 0.25) is 0 Å². The van der Waals surface area contributed by atoms with Gasteiger partial charge in [-0.2, -0.15) is 5.10 Å². The fourth-order valence-corrected chi connectivity index (χ4v) is 3.52. The lowest BCUT2D eigenvalue weighted by molar-refractivity contribution is 0.598. The van der Waals surface area contributed by atoms with Crippen molar-refractivity contribution in [3.8, 4) is 0 Å². The maximum Gasteiger partial charge on any atom is 0.265 e. The van der Waals surface area contributed by atoms with E-state index in [2.05, 4.69) is 20.2 Å². The van der Waals surface area contributed by atoms with Crippen LogP contribution in [0.5, 0.6) is 0 Å². The molecule has 1 heterocycles. The average Bonchev–Trinajstić information content (AvgIpc) is 2.77. The monoisotopic (exact) mass is 312 g/mol. The van der Waals surface area contributed by atoms with E-state index in [1.165, 1.54) is 25.1 Å². The molecule has 0 amide bonds. The van der Waals surface area contributed by atoms with Crippen molar-refractivity contribution in [2.75, 3.05) is 11.8 Å². The Morgan fingerprint density at radius 1 is 1.33 bits per heavy atom. The standard InChI is InChI=1S/C13H17FN4O2S/c1-8-10(14)5-4-6-11(8)18-21(19,20)13-9(2)16-17-12(13)7-15-3/h4-6,15,18H,7H2,1-3H3,(H,16,17). The number of halogens is 1. The van der Waals surface area contributed by atoms with Crippen molar-refractivity contribution >= 4 is 15.7 Å². The van der Waals surface area contributed by atoms with Crippen LogP contribution in [0.3, 0.4) is 0 Å². The second-order valence-electron chi connectivity index (χ2n) is 4.67. The topological polar surface area (TPSA) is 86.9 Å². The minimum absolute atomic E-state index is 0.0838. The third kappa shape index (κ3) is 3.06. The number of hydrogen-bond donors (Lipinski definition) is 3. The van der Waals surface area contributed by atoms with Crippen molar-refractivity contribution in [3.63, 3.8) is 0 Å². The van der Waals surface area contributed by atoms with Crippen molar-refractivity contribution in [1.82, 2.24) is 15.5 Å². The number of aromatic nitrogens is 2. The van der Waals surface area contributed by atoms with Gasteiger partial charge in [0.1, 0.15) is 10.7 Å². The smallest absolute Gasteiger partial charge is 0.265 e. The Bertz CT molecular complexity index is 756. The molecule has 0 saturated carbocycles. The number of nitrogens with one attached hydrogen (secondary N) is 3. The van der Waals surface area contributed by atoms with Crippen molar-refractivity contribution in [1.29, 1.82) is 0 Å². The Kier molecular flexibility index (Phi) is 4.29. The lowest BCUT2D eigenvalue weighted by atomic mass is 10.2. The molecule has 114 valence electrons. The van der Waals surface area contributed by atoms with Crippen molar-refractivity contribution in [3.05, 3.63) is 41.0 Å². The first-order valence-electron chi connectivity index (χ1n) is 6.33. The highest BCUT2D eigenvalue weighted by atomic mass is 32.2. The predicted octanol–water partition coefficient (Wildman–Crippen LogP) is 1.69. The summed E-state index contributed by atoms with van der Waals surface area (Å²) in [7, 11) is -2.14. The quantitative estimate of drug-likeness (QED) is 0.784. The van der Waals surface area contributed by atoms with Crippen LogP contribution in [-0.2, 0) is 16.6 Å². The molecule has 0 aliphatic rings. The zero-order chi connectivity index (χ0) is 15.6. The van der Waals surface area contributed by atoms with E-state index < -0.39 is 15.8 Å². The summed E-state index contributed by atoms with van der Waals surface area (Å²) in [4.78, 5) is 0.0838. The fraction of sp³-hybridized carbons (Fsp3) is 0.308. The van der Waals surface area contributed by atoms with Crippen molar-refractivity contribution in [2.24, 2.45) is 0 Å². The zero-order valence-electron chi connectivity index (χ0n) is 12.0. The molecule has 21 heavy (non-hydrogen) atoms. The Hall–Kier alpha value is -1.93. The Morgan fingerprint density at radius 2 is 2.05 bits per heavy atom. The number of aromatic amines is 1. The molecule has 0 spiro atoms. The first-order chi connectivity index (χ1) is 9.86. The molecule has 0 fully saturated rings. The molecule has 8 heteroatoms. The molecule has 0 aliphatic heterocycles. The van der Waals surface area contributed by atoms with E-state index in [4.69, 9.17) is 0 Å². The predicted molar refractivity (Wildman–Crippen MR) is 78.0 cm³/mol. The van der Waals surface area contributed by atoms with Gasteiger partial charge in [-0.15, -0.1) is 0 Å². The highest BCUT2D eigenvalue weighted by molar-refractivity contribution is 7.92. The van der Waals surface area contributed by atoms with E-state index in [9.17, 15) is 12.8 Å². The highest BCUT2D eigenvalue weighted by Gasteiger charge is 2.24. The van der Waals surface area contributed by atoms with Gasteiger partial charge >= 0.3 is 0 Å². The Morgan fingerprint density at radius 3 is 2.71 bits per heavy atom. The molecule has 2 aromatic rings. The van der Waals surface area contributed by atoms with Crippen molar-refractivity contribution < 1.29 is 12.8 Å². The number of hydrogen-bond acceptors (Lipinski definition) is 4. The SMILES string of the molecule is CNCc1n[nH]c(C)c1S(=O)(=O)Nc1cccc(F)c1C. The summed E-state index contributed by atoms with van der Waals surface area (Å²) < 4.78 is 41.0. The molecule has 0 aliphatic carbocycles. The first kappa shape index (κ1) is 15.5.